The fourth-order valence-electron chi connectivity index (χ4n) is 3.15. The molecule has 0 atom stereocenters. The second kappa shape index (κ2) is 7.60. The molecule has 0 bridgehead atoms. The zero-order valence-corrected chi connectivity index (χ0v) is 15.6. The number of hydrogen-bond acceptors (Lipinski definition) is 3. The van der Waals surface area contributed by atoms with Crippen LogP contribution in [0, 0.1) is 6.92 Å². The van der Waals surface area contributed by atoms with E-state index in [0.717, 1.165) is 36.3 Å². The maximum atomic E-state index is 12.5. The zero-order valence-electron chi connectivity index (χ0n) is 15.6. The quantitative estimate of drug-likeness (QED) is 0.911. The van der Waals surface area contributed by atoms with Crippen molar-refractivity contribution < 1.29 is 9.59 Å². The zero-order chi connectivity index (χ0) is 18.7. The Hall–Kier alpha value is -2.82. The summed E-state index contributed by atoms with van der Waals surface area (Å²) in [4.78, 5) is 28.6. The number of hydrogen-bond donors (Lipinski definition) is 1. The fourth-order valence-corrected chi connectivity index (χ4v) is 3.15. The van der Waals surface area contributed by atoms with Crippen LogP contribution in [0.3, 0.4) is 0 Å². The molecule has 1 saturated heterocycles. The van der Waals surface area contributed by atoms with Crippen molar-refractivity contribution >= 4 is 28.9 Å². The molecule has 5 nitrogen and oxygen atoms in total. The molecule has 1 aliphatic heterocycles. The highest BCUT2D eigenvalue weighted by Crippen LogP contribution is 2.28. The van der Waals surface area contributed by atoms with Crippen LogP contribution in [0.5, 0.6) is 0 Å². The number of carbonyl (C=O) groups excluding carboxylic acids is 2. The van der Waals surface area contributed by atoms with Crippen LogP contribution in [-0.4, -0.2) is 32.5 Å². The van der Waals surface area contributed by atoms with Gasteiger partial charge < -0.3 is 15.1 Å². The van der Waals surface area contributed by atoms with Gasteiger partial charge in [0.2, 0.25) is 5.91 Å². The lowest BCUT2D eigenvalue weighted by Crippen LogP contribution is -2.35. The third-order valence-corrected chi connectivity index (χ3v) is 4.73. The summed E-state index contributed by atoms with van der Waals surface area (Å²) < 4.78 is 0. The highest BCUT2D eigenvalue weighted by molar-refractivity contribution is 6.05. The molecule has 26 heavy (non-hydrogen) atoms. The van der Waals surface area contributed by atoms with E-state index in [2.05, 4.69) is 5.32 Å². The van der Waals surface area contributed by atoms with E-state index < -0.39 is 0 Å². The van der Waals surface area contributed by atoms with Gasteiger partial charge in [-0.15, -0.1) is 0 Å². The first-order valence-corrected chi connectivity index (χ1v) is 8.95. The minimum Gasteiger partial charge on any atom is -0.378 e. The van der Waals surface area contributed by atoms with Crippen molar-refractivity contribution in [3.63, 3.8) is 0 Å². The van der Waals surface area contributed by atoms with Crippen LogP contribution in [0.25, 0.3) is 0 Å². The van der Waals surface area contributed by atoms with Gasteiger partial charge in [0.1, 0.15) is 0 Å². The lowest BCUT2D eigenvalue weighted by Gasteiger charge is -2.28. The van der Waals surface area contributed by atoms with E-state index in [4.69, 9.17) is 0 Å². The van der Waals surface area contributed by atoms with Crippen molar-refractivity contribution in [2.24, 2.45) is 0 Å². The van der Waals surface area contributed by atoms with Crippen molar-refractivity contribution in [1.82, 2.24) is 0 Å². The first-order valence-electron chi connectivity index (χ1n) is 8.95. The molecule has 3 rings (SSSR count). The van der Waals surface area contributed by atoms with Crippen molar-refractivity contribution in [2.45, 2.75) is 26.2 Å². The highest BCUT2D eigenvalue weighted by atomic mass is 16.2. The second-order valence-electron chi connectivity index (χ2n) is 6.90. The summed E-state index contributed by atoms with van der Waals surface area (Å²) in [5, 5.41) is 2.94. The number of anilines is 3. The average Bonchev–Trinajstić information content (AvgIpc) is 2.64. The van der Waals surface area contributed by atoms with Gasteiger partial charge in [0, 0.05) is 49.7 Å². The molecule has 1 fully saturated rings. The molecule has 2 aromatic carbocycles. The fraction of sp³-hybridized carbons (Fsp3) is 0.333. The van der Waals surface area contributed by atoms with Crippen LogP contribution in [0.4, 0.5) is 17.1 Å². The van der Waals surface area contributed by atoms with Crippen molar-refractivity contribution in [3.05, 3.63) is 53.6 Å². The molecule has 2 aromatic rings. The molecule has 0 aromatic heterocycles. The monoisotopic (exact) mass is 351 g/mol. The second-order valence-corrected chi connectivity index (χ2v) is 6.90. The molecular formula is C21H25N3O2. The minimum absolute atomic E-state index is 0.155. The molecule has 0 spiro atoms. The Morgan fingerprint density at radius 1 is 1.08 bits per heavy atom. The van der Waals surface area contributed by atoms with Gasteiger partial charge in [-0.25, -0.2) is 0 Å². The molecule has 5 heteroatoms. The topological polar surface area (TPSA) is 52.7 Å². The van der Waals surface area contributed by atoms with Gasteiger partial charge in [0.15, 0.2) is 0 Å². The molecule has 0 radical (unpaired) electrons. The van der Waals surface area contributed by atoms with Crippen LogP contribution >= 0.6 is 0 Å². The number of nitrogens with zero attached hydrogens (tertiary/aromatic N) is 2. The van der Waals surface area contributed by atoms with E-state index >= 15 is 0 Å². The molecule has 0 aliphatic carbocycles. The molecule has 136 valence electrons. The third-order valence-electron chi connectivity index (χ3n) is 4.73. The number of nitrogens with one attached hydrogen (secondary N) is 1. The number of piperidine rings is 1. The Labute approximate surface area is 154 Å². The first kappa shape index (κ1) is 18.0. The summed E-state index contributed by atoms with van der Waals surface area (Å²) >= 11 is 0. The highest BCUT2D eigenvalue weighted by Gasteiger charge is 2.21. The van der Waals surface area contributed by atoms with E-state index in [1.54, 1.807) is 0 Å². The molecule has 0 saturated carbocycles. The van der Waals surface area contributed by atoms with Gasteiger partial charge in [-0.3, -0.25) is 9.59 Å². The Balaban J connectivity index is 1.78. The summed E-state index contributed by atoms with van der Waals surface area (Å²) in [7, 11) is 3.93. The predicted octanol–water partition coefficient (Wildman–Crippen LogP) is 3.83. The largest absolute Gasteiger partial charge is 0.378 e. The molecule has 1 N–H and O–H groups in total. The molecule has 1 heterocycles. The van der Waals surface area contributed by atoms with Gasteiger partial charge >= 0.3 is 0 Å². The standard InChI is InChI=1S/C21H25N3O2/c1-15-7-10-17(14-19(15)24-13-5-4-6-20(24)25)22-21(26)16-8-11-18(12-9-16)23(2)3/h7-12,14H,4-6,13H2,1-3H3,(H,22,26). The van der Waals surface area contributed by atoms with Crippen molar-refractivity contribution in [3.8, 4) is 0 Å². The number of benzene rings is 2. The minimum atomic E-state index is -0.157. The van der Waals surface area contributed by atoms with E-state index in [1.165, 1.54) is 0 Å². The van der Waals surface area contributed by atoms with Gasteiger partial charge in [0.05, 0.1) is 0 Å². The first-order chi connectivity index (χ1) is 12.5. The summed E-state index contributed by atoms with van der Waals surface area (Å²) in [6.07, 6.45) is 2.56. The normalized spacial score (nSPS) is 14.3. The van der Waals surface area contributed by atoms with Crippen LogP contribution < -0.4 is 15.1 Å². The number of carbonyl (C=O) groups is 2. The lowest BCUT2D eigenvalue weighted by atomic mass is 10.1. The van der Waals surface area contributed by atoms with Crippen LogP contribution in [0.2, 0.25) is 0 Å². The summed E-state index contributed by atoms with van der Waals surface area (Å²) in [5.41, 5.74) is 4.27. The molecule has 0 unspecified atom stereocenters. The third kappa shape index (κ3) is 3.87. The summed E-state index contributed by atoms with van der Waals surface area (Å²) in [5.74, 6) is -0.00261. The van der Waals surface area contributed by atoms with Crippen LogP contribution in [0.15, 0.2) is 42.5 Å². The molecule has 2 amide bonds. The van der Waals surface area contributed by atoms with Gasteiger partial charge in [-0.1, -0.05) is 6.07 Å². The molecule has 1 aliphatic rings. The van der Waals surface area contributed by atoms with E-state index in [1.807, 2.05) is 73.3 Å². The Kier molecular flexibility index (Phi) is 5.26. The van der Waals surface area contributed by atoms with E-state index in [-0.39, 0.29) is 11.8 Å². The van der Waals surface area contributed by atoms with Crippen molar-refractivity contribution in [1.29, 1.82) is 0 Å². The Morgan fingerprint density at radius 3 is 2.46 bits per heavy atom. The Morgan fingerprint density at radius 2 is 1.81 bits per heavy atom. The predicted molar refractivity (Wildman–Crippen MR) is 106 cm³/mol. The van der Waals surface area contributed by atoms with E-state index in [9.17, 15) is 9.59 Å². The lowest BCUT2D eigenvalue weighted by molar-refractivity contribution is -0.119. The summed E-state index contributed by atoms with van der Waals surface area (Å²) in [6.45, 7) is 2.73. The van der Waals surface area contributed by atoms with E-state index in [0.29, 0.717) is 17.7 Å². The number of rotatable bonds is 4. The maximum Gasteiger partial charge on any atom is 0.255 e. The van der Waals surface area contributed by atoms with Gasteiger partial charge in [-0.05, 0) is 61.7 Å². The summed E-state index contributed by atoms with van der Waals surface area (Å²) in [6, 6.07) is 13.2. The number of aryl methyl sites for hydroxylation is 1. The van der Waals surface area contributed by atoms with Gasteiger partial charge in [0.25, 0.3) is 5.91 Å². The molecular weight excluding hydrogens is 326 g/mol. The van der Waals surface area contributed by atoms with Crippen LogP contribution in [0.1, 0.15) is 35.2 Å². The van der Waals surface area contributed by atoms with Crippen molar-refractivity contribution in [2.75, 3.05) is 35.8 Å². The van der Waals surface area contributed by atoms with Crippen LogP contribution in [-0.2, 0) is 4.79 Å². The SMILES string of the molecule is Cc1ccc(NC(=O)c2ccc(N(C)C)cc2)cc1N1CCCCC1=O. The maximum absolute atomic E-state index is 12.5. The average molecular weight is 351 g/mol. The Bertz CT molecular complexity index is 813. The smallest absolute Gasteiger partial charge is 0.255 e. The van der Waals surface area contributed by atoms with Gasteiger partial charge in [-0.2, -0.15) is 0 Å². The number of amides is 2.